The Bertz CT molecular complexity index is 423. The van der Waals surface area contributed by atoms with Gasteiger partial charge in [-0.25, -0.2) is 8.42 Å². The van der Waals surface area contributed by atoms with Gasteiger partial charge in [-0.15, -0.1) is 11.6 Å². The van der Waals surface area contributed by atoms with Gasteiger partial charge in [0.1, 0.15) is 0 Å². The molecule has 0 bridgehead atoms. The normalized spacial score (nSPS) is 11.3. The summed E-state index contributed by atoms with van der Waals surface area (Å²) in [6.45, 7) is 3.69. The molecule has 0 aliphatic carbocycles. The number of benzene rings is 1. The average molecular weight is 245 g/mol. The second kappa shape index (κ2) is 5.33. The summed E-state index contributed by atoms with van der Waals surface area (Å²) in [5, 5.41) is 0. The first kappa shape index (κ1) is 12.3. The number of hydrogen-bond acceptors (Lipinski definition) is 2. The van der Waals surface area contributed by atoms with Crippen molar-refractivity contribution in [1.82, 2.24) is 0 Å². The van der Waals surface area contributed by atoms with Crippen molar-refractivity contribution in [3.63, 3.8) is 0 Å². The molecule has 82 valence electrons. The summed E-state index contributed by atoms with van der Waals surface area (Å²) >= 11 is 5.52. The SMILES string of the molecule is C=C(CCCl)CS(=O)(=O)c1ccccc1. The number of sulfone groups is 1. The molecule has 0 spiro atoms. The topological polar surface area (TPSA) is 34.1 Å². The summed E-state index contributed by atoms with van der Waals surface area (Å²) in [6, 6.07) is 8.37. The van der Waals surface area contributed by atoms with Crippen LogP contribution in [0.3, 0.4) is 0 Å². The van der Waals surface area contributed by atoms with Crippen molar-refractivity contribution in [2.45, 2.75) is 11.3 Å². The lowest BCUT2D eigenvalue weighted by molar-refractivity contribution is 0.598. The smallest absolute Gasteiger partial charge is 0.182 e. The minimum atomic E-state index is -3.24. The minimum Gasteiger partial charge on any atom is -0.223 e. The average Bonchev–Trinajstić information content (AvgIpc) is 2.18. The van der Waals surface area contributed by atoms with E-state index in [1.807, 2.05) is 0 Å². The van der Waals surface area contributed by atoms with Gasteiger partial charge in [0.2, 0.25) is 0 Å². The summed E-state index contributed by atoms with van der Waals surface area (Å²) in [5.41, 5.74) is 0.647. The molecule has 15 heavy (non-hydrogen) atoms. The monoisotopic (exact) mass is 244 g/mol. The zero-order valence-corrected chi connectivity index (χ0v) is 9.89. The lowest BCUT2D eigenvalue weighted by atomic mass is 10.3. The molecule has 0 heterocycles. The van der Waals surface area contributed by atoms with Crippen molar-refractivity contribution >= 4 is 21.4 Å². The van der Waals surface area contributed by atoms with E-state index >= 15 is 0 Å². The van der Waals surface area contributed by atoms with Crippen molar-refractivity contribution < 1.29 is 8.42 Å². The van der Waals surface area contributed by atoms with Crippen LogP contribution in [0.4, 0.5) is 0 Å². The molecule has 0 atom stereocenters. The van der Waals surface area contributed by atoms with Crippen molar-refractivity contribution in [2.75, 3.05) is 11.6 Å². The minimum absolute atomic E-state index is 0.0241. The molecular weight excluding hydrogens is 232 g/mol. The van der Waals surface area contributed by atoms with Crippen molar-refractivity contribution in [3.05, 3.63) is 42.5 Å². The maximum Gasteiger partial charge on any atom is 0.182 e. The van der Waals surface area contributed by atoms with E-state index in [9.17, 15) is 8.42 Å². The van der Waals surface area contributed by atoms with Gasteiger partial charge in [0.25, 0.3) is 0 Å². The zero-order valence-electron chi connectivity index (χ0n) is 8.32. The van der Waals surface area contributed by atoms with E-state index in [-0.39, 0.29) is 5.75 Å². The van der Waals surface area contributed by atoms with Gasteiger partial charge in [-0.05, 0) is 18.6 Å². The highest BCUT2D eigenvalue weighted by Crippen LogP contribution is 2.14. The van der Waals surface area contributed by atoms with E-state index < -0.39 is 9.84 Å². The van der Waals surface area contributed by atoms with Gasteiger partial charge in [0.05, 0.1) is 10.6 Å². The molecule has 4 heteroatoms. The third kappa shape index (κ3) is 3.68. The summed E-state index contributed by atoms with van der Waals surface area (Å²) in [4.78, 5) is 0.334. The molecule has 1 rings (SSSR count). The van der Waals surface area contributed by atoms with Gasteiger partial charge < -0.3 is 0 Å². The Balaban J connectivity index is 2.81. The lowest BCUT2D eigenvalue weighted by Gasteiger charge is -2.05. The summed E-state index contributed by atoms with van der Waals surface area (Å²) < 4.78 is 23.6. The Kier molecular flexibility index (Phi) is 4.36. The van der Waals surface area contributed by atoms with E-state index in [0.29, 0.717) is 22.8 Å². The quantitative estimate of drug-likeness (QED) is 0.590. The lowest BCUT2D eigenvalue weighted by Crippen LogP contribution is -2.08. The van der Waals surface area contributed by atoms with E-state index in [1.165, 1.54) is 0 Å². The molecule has 0 N–H and O–H groups in total. The fourth-order valence-corrected chi connectivity index (χ4v) is 2.87. The molecular formula is C11H13ClO2S. The predicted molar refractivity (Wildman–Crippen MR) is 63.0 cm³/mol. The maximum atomic E-state index is 11.8. The molecule has 1 aromatic rings. The first-order chi connectivity index (χ1) is 7.06. The van der Waals surface area contributed by atoms with Crippen LogP contribution < -0.4 is 0 Å². The fraction of sp³-hybridized carbons (Fsp3) is 0.273. The highest BCUT2D eigenvalue weighted by molar-refractivity contribution is 7.91. The van der Waals surface area contributed by atoms with Crippen LogP contribution in [0.25, 0.3) is 0 Å². The van der Waals surface area contributed by atoms with Crippen LogP contribution in [0.1, 0.15) is 6.42 Å². The molecule has 0 aliphatic rings. The second-order valence-corrected chi connectivity index (χ2v) is 5.63. The summed E-state index contributed by atoms with van der Waals surface area (Å²) in [5.74, 6) is 0.382. The number of hydrogen-bond donors (Lipinski definition) is 0. The van der Waals surface area contributed by atoms with E-state index in [4.69, 9.17) is 11.6 Å². The van der Waals surface area contributed by atoms with E-state index in [1.54, 1.807) is 30.3 Å². The second-order valence-electron chi connectivity index (χ2n) is 3.26. The van der Waals surface area contributed by atoms with Crippen LogP contribution in [0.2, 0.25) is 0 Å². The van der Waals surface area contributed by atoms with Gasteiger partial charge in [-0.2, -0.15) is 0 Å². The predicted octanol–water partition coefficient (Wildman–Crippen LogP) is 2.65. The van der Waals surface area contributed by atoms with Crippen molar-refractivity contribution in [1.29, 1.82) is 0 Å². The highest BCUT2D eigenvalue weighted by Gasteiger charge is 2.14. The van der Waals surface area contributed by atoms with Crippen LogP contribution in [0.15, 0.2) is 47.4 Å². The van der Waals surface area contributed by atoms with Crippen molar-refractivity contribution in [2.24, 2.45) is 0 Å². The van der Waals surface area contributed by atoms with Gasteiger partial charge in [-0.1, -0.05) is 30.4 Å². The van der Waals surface area contributed by atoms with Gasteiger partial charge in [0.15, 0.2) is 9.84 Å². The first-order valence-corrected chi connectivity index (χ1v) is 6.75. The molecule has 0 aliphatic heterocycles. The van der Waals surface area contributed by atoms with E-state index in [0.717, 1.165) is 0 Å². The largest absolute Gasteiger partial charge is 0.223 e. The Labute approximate surface area is 95.5 Å². The van der Waals surface area contributed by atoms with Gasteiger partial charge in [0, 0.05) is 5.88 Å². The van der Waals surface area contributed by atoms with Gasteiger partial charge >= 0.3 is 0 Å². The molecule has 2 nitrogen and oxygen atoms in total. The molecule has 0 aromatic heterocycles. The molecule has 0 radical (unpaired) electrons. The van der Waals surface area contributed by atoms with E-state index in [2.05, 4.69) is 6.58 Å². The van der Waals surface area contributed by atoms with Crippen molar-refractivity contribution in [3.8, 4) is 0 Å². The first-order valence-electron chi connectivity index (χ1n) is 4.56. The number of alkyl halides is 1. The van der Waals surface area contributed by atoms with Crippen LogP contribution in [0.5, 0.6) is 0 Å². The standard InChI is InChI=1S/C11H13ClO2S/c1-10(7-8-12)9-15(13,14)11-5-3-2-4-6-11/h2-6H,1,7-9H2. The Morgan fingerprint density at radius 2 is 1.87 bits per heavy atom. The number of halogens is 1. The molecule has 1 aromatic carbocycles. The molecule has 0 amide bonds. The maximum absolute atomic E-state index is 11.8. The molecule has 0 fully saturated rings. The summed E-state index contributed by atoms with van der Waals surface area (Å²) in [7, 11) is -3.24. The summed E-state index contributed by atoms with van der Waals surface area (Å²) in [6.07, 6.45) is 0.535. The van der Waals surface area contributed by atoms with Crippen LogP contribution in [-0.4, -0.2) is 20.1 Å². The van der Waals surface area contributed by atoms with Gasteiger partial charge in [-0.3, -0.25) is 0 Å². The van der Waals surface area contributed by atoms with Crippen LogP contribution in [-0.2, 0) is 9.84 Å². The molecule has 0 saturated carbocycles. The Hall–Kier alpha value is -0.800. The number of rotatable bonds is 5. The third-order valence-corrected chi connectivity index (χ3v) is 3.91. The zero-order chi connectivity index (χ0) is 11.3. The third-order valence-electron chi connectivity index (χ3n) is 1.94. The Morgan fingerprint density at radius 3 is 2.40 bits per heavy atom. The Morgan fingerprint density at radius 1 is 1.27 bits per heavy atom. The fourth-order valence-electron chi connectivity index (χ4n) is 1.19. The molecule has 0 unspecified atom stereocenters. The van der Waals surface area contributed by atoms with Crippen LogP contribution in [0, 0.1) is 0 Å². The van der Waals surface area contributed by atoms with Crippen LogP contribution >= 0.6 is 11.6 Å². The highest BCUT2D eigenvalue weighted by atomic mass is 35.5. The molecule has 0 saturated heterocycles.